The van der Waals surface area contributed by atoms with E-state index in [0.29, 0.717) is 27.7 Å². The minimum atomic E-state index is -3.95. The van der Waals surface area contributed by atoms with Crippen molar-refractivity contribution >= 4 is 44.0 Å². The van der Waals surface area contributed by atoms with E-state index in [-0.39, 0.29) is 23.3 Å². The third-order valence-electron chi connectivity index (χ3n) is 5.55. The van der Waals surface area contributed by atoms with E-state index in [1.807, 2.05) is 0 Å². The maximum atomic E-state index is 14.7. The van der Waals surface area contributed by atoms with Crippen molar-refractivity contribution in [3.63, 3.8) is 0 Å². The van der Waals surface area contributed by atoms with Crippen molar-refractivity contribution < 1.29 is 17.2 Å². The van der Waals surface area contributed by atoms with E-state index in [4.69, 9.17) is 11.6 Å². The van der Waals surface area contributed by atoms with Crippen molar-refractivity contribution in [1.29, 1.82) is 0 Å². The summed E-state index contributed by atoms with van der Waals surface area (Å²) in [5.74, 6) is -0.966. The molecule has 3 rings (SSSR count). The third kappa shape index (κ3) is 3.90. The summed E-state index contributed by atoms with van der Waals surface area (Å²) >= 11 is 8.23. The lowest BCUT2D eigenvalue weighted by Crippen LogP contribution is -2.41. The molecule has 0 saturated heterocycles. The Bertz CT molecular complexity index is 921. The Labute approximate surface area is 177 Å². The minimum absolute atomic E-state index is 0.0722. The zero-order valence-corrected chi connectivity index (χ0v) is 18.5. The molecule has 146 valence electrons. The number of hydrogen-bond acceptors (Lipinski definition) is 2. The fourth-order valence-electron chi connectivity index (χ4n) is 3.93. The second-order valence-electron chi connectivity index (χ2n) is 7.09. The van der Waals surface area contributed by atoms with Gasteiger partial charge >= 0.3 is 0 Å². The van der Waals surface area contributed by atoms with Gasteiger partial charge in [-0.25, -0.2) is 17.2 Å². The van der Waals surface area contributed by atoms with E-state index in [0.717, 1.165) is 18.2 Å². The normalized spacial score (nSPS) is 24.6. The van der Waals surface area contributed by atoms with Gasteiger partial charge in [-0.3, -0.25) is 0 Å². The lowest BCUT2D eigenvalue weighted by Gasteiger charge is -2.41. The molecule has 1 atom stereocenters. The molecule has 0 radical (unpaired) electrons. The van der Waals surface area contributed by atoms with Gasteiger partial charge in [0.05, 0.1) is 4.90 Å². The molecule has 7 heteroatoms. The molecular formula is C20H20ClF2IO2S. The monoisotopic (exact) mass is 524 g/mol. The van der Waals surface area contributed by atoms with Gasteiger partial charge in [-0.1, -0.05) is 41.1 Å². The molecule has 0 N–H and O–H groups in total. The van der Waals surface area contributed by atoms with Crippen LogP contribution in [0.4, 0.5) is 8.78 Å². The first-order chi connectivity index (χ1) is 12.7. The van der Waals surface area contributed by atoms with Gasteiger partial charge in [0.1, 0.15) is 16.4 Å². The summed E-state index contributed by atoms with van der Waals surface area (Å²) in [6.45, 7) is 2.09. The molecule has 1 aliphatic rings. The number of halogens is 4. The van der Waals surface area contributed by atoms with Crippen molar-refractivity contribution in [3.8, 4) is 0 Å². The van der Waals surface area contributed by atoms with Gasteiger partial charge in [0, 0.05) is 14.5 Å². The predicted octanol–water partition coefficient (Wildman–Crippen LogP) is 6.30. The van der Waals surface area contributed by atoms with Gasteiger partial charge in [-0.15, -0.1) is 0 Å². The van der Waals surface area contributed by atoms with Crippen LogP contribution < -0.4 is 0 Å². The van der Waals surface area contributed by atoms with Gasteiger partial charge in [0.25, 0.3) is 0 Å². The fourth-order valence-corrected chi connectivity index (χ4v) is 6.94. The van der Waals surface area contributed by atoms with Crippen LogP contribution in [0.25, 0.3) is 0 Å². The van der Waals surface area contributed by atoms with Gasteiger partial charge in [-0.05, 0) is 74.1 Å². The molecule has 1 unspecified atom stereocenters. The minimum Gasteiger partial charge on any atom is -0.223 e. The average Bonchev–Trinajstić information content (AvgIpc) is 2.64. The van der Waals surface area contributed by atoms with Crippen molar-refractivity contribution in [2.45, 2.75) is 46.2 Å². The van der Waals surface area contributed by atoms with E-state index >= 15 is 0 Å². The first-order valence-corrected chi connectivity index (χ1v) is 11.9. The number of benzene rings is 2. The average molecular weight is 525 g/mol. The zero-order valence-electron chi connectivity index (χ0n) is 14.8. The summed E-state index contributed by atoms with van der Waals surface area (Å²) < 4.78 is 54.8. The molecule has 0 aromatic heterocycles. The highest BCUT2D eigenvalue weighted by Gasteiger charge is 2.50. The maximum Gasteiger partial charge on any atom is 0.188 e. The smallest absolute Gasteiger partial charge is 0.188 e. The first-order valence-electron chi connectivity index (χ1n) is 8.77. The molecule has 0 amide bonds. The zero-order chi connectivity index (χ0) is 19.8. The van der Waals surface area contributed by atoms with Crippen molar-refractivity contribution in [1.82, 2.24) is 0 Å². The number of hydrogen-bond donors (Lipinski definition) is 0. The molecule has 0 spiro atoms. The lowest BCUT2D eigenvalue weighted by atomic mass is 9.77. The number of sulfone groups is 1. The Morgan fingerprint density at radius 3 is 2.26 bits per heavy atom. The van der Waals surface area contributed by atoms with E-state index in [2.05, 4.69) is 29.5 Å². The van der Waals surface area contributed by atoms with Crippen molar-refractivity contribution in [2.24, 2.45) is 5.92 Å². The third-order valence-corrected chi connectivity index (χ3v) is 9.36. The molecule has 0 bridgehead atoms. The second-order valence-corrected chi connectivity index (χ2v) is 11.8. The molecule has 2 nitrogen and oxygen atoms in total. The van der Waals surface area contributed by atoms with Crippen LogP contribution in [0, 0.1) is 17.6 Å². The van der Waals surface area contributed by atoms with Crippen LogP contribution in [0.3, 0.4) is 0 Å². The first kappa shape index (κ1) is 21.0. The SMILES string of the molecule is CC(I)C1CCC(c2cc(F)ccc2F)(S(=O)(=O)c2ccc(Cl)cc2)CC1. The van der Waals surface area contributed by atoms with Crippen LogP contribution in [0.15, 0.2) is 47.4 Å². The van der Waals surface area contributed by atoms with Crippen LogP contribution in [-0.2, 0) is 14.6 Å². The van der Waals surface area contributed by atoms with Crippen LogP contribution >= 0.6 is 34.2 Å². The molecule has 1 aliphatic carbocycles. The van der Waals surface area contributed by atoms with E-state index in [1.165, 1.54) is 24.3 Å². The van der Waals surface area contributed by atoms with Gasteiger partial charge in [0.15, 0.2) is 9.84 Å². The molecule has 0 aliphatic heterocycles. The molecule has 2 aromatic carbocycles. The molecule has 2 aromatic rings. The number of alkyl halides is 1. The summed E-state index contributed by atoms with van der Waals surface area (Å²) in [5, 5.41) is 0.419. The molecular weight excluding hydrogens is 505 g/mol. The molecule has 27 heavy (non-hydrogen) atoms. The standard InChI is InChI=1S/C20H20ClF2IO2S/c1-13(24)14-8-10-20(11-9-14,18-12-16(22)4-7-19(18)23)27(25,26)17-5-2-15(21)3-6-17/h2-7,12-14H,8-11H2,1H3. The van der Waals surface area contributed by atoms with Crippen LogP contribution in [-0.4, -0.2) is 12.3 Å². The summed E-state index contributed by atoms with van der Waals surface area (Å²) in [4.78, 5) is 0.0801. The lowest BCUT2D eigenvalue weighted by molar-refractivity contribution is 0.289. The van der Waals surface area contributed by atoms with Crippen molar-refractivity contribution in [2.75, 3.05) is 0 Å². The molecule has 1 saturated carbocycles. The van der Waals surface area contributed by atoms with E-state index in [1.54, 1.807) is 0 Å². The Morgan fingerprint density at radius 1 is 1.11 bits per heavy atom. The van der Waals surface area contributed by atoms with E-state index in [9.17, 15) is 17.2 Å². The van der Waals surface area contributed by atoms with E-state index < -0.39 is 26.2 Å². The van der Waals surface area contributed by atoms with Crippen LogP contribution in [0.1, 0.15) is 38.2 Å². The van der Waals surface area contributed by atoms with Gasteiger partial charge < -0.3 is 0 Å². The number of rotatable bonds is 4. The van der Waals surface area contributed by atoms with Crippen LogP contribution in [0.2, 0.25) is 5.02 Å². The van der Waals surface area contributed by atoms with Gasteiger partial charge in [-0.2, -0.15) is 0 Å². The topological polar surface area (TPSA) is 34.1 Å². The van der Waals surface area contributed by atoms with Crippen LogP contribution in [0.5, 0.6) is 0 Å². The Hall–Kier alpha value is -0.730. The highest BCUT2D eigenvalue weighted by Crippen LogP contribution is 2.50. The largest absolute Gasteiger partial charge is 0.223 e. The maximum absolute atomic E-state index is 14.7. The predicted molar refractivity (Wildman–Crippen MR) is 112 cm³/mol. The highest BCUT2D eigenvalue weighted by molar-refractivity contribution is 14.1. The molecule has 0 heterocycles. The van der Waals surface area contributed by atoms with Crippen molar-refractivity contribution in [3.05, 3.63) is 64.7 Å². The molecule has 1 fully saturated rings. The summed E-state index contributed by atoms with van der Waals surface area (Å²) in [6, 6.07) is 8.94. The quantitative estimate of drug-likeness (QED) is 0.347. The summed E-state index contributed by atoms with van der Waals surface area (Å²) in [6.07, 6.45) is 1.81. The highest BCUT2D eigenvalue weighted by atomic mass is 127. The fraction of sp³-hybridized carbons (Fsp3) is 0.400. The second kappa shape index (κ2) is 7.95. The van der Waals surface area contributed by atoms with Gasteiger partial charge in [0.2, 0.25) is 0 Å². The summed E-state index contributed by atoms with van der Waals surface area (Å²) in [7, 11) is -3.95. The Morgan fingerprint density at radius 2 is 1.70 bits per heavy atom. The summed E-state index contributed by atoms with van der Waals surface area (Å²) in [5.41, 5.74) is -0.0722. The Balaban J connectivity index is 2.16. The Kier molecular flexibility index (Phi) is 6.18.